The number of rotatable bonds is 1. The molecule has 0 bridgehead atoms. The quantitative estimate of drug-likeness (QED) is 0.599. The van der Waals surface area contributed by atoms with E-state index in [-0.39, 0.29) is 0 Å². The van der Waals surface area contributed by atoms with Crippen LogP contribution in [-0.2, 0) is 0 Å². The molecule has 0 amide bonds. The minimum atomic E-state index is 0.670. The Morgan fingerprint density at radius 3 is 3.09 bits per heavy atom. The van der Waals surface area contributed by atoms with Crippen molar-refractivity contribution in [3.8, 4) is 0 Å². The van der Waals surface area contributed by atoms with E-state index in [4.69, 9.17) is 10.2 Å². The summed E-state index contributed by atoms with van der Waals surface area (Å²) < 4.78 is 5.03. The van der Waals surface area contributed by atoms with Crippen LogP contribution in [0.4, 0.5) is 0 Å². The fourth-order valence-electron chi connectivity index (χ4n) is 0.697. The van der Waals surface area contributed by atoms with Crippen molar-refractivity contribution in [3.05, 3.63) is 29.3 Å². The fraction of sp³-hybridized carbons (Fsp3) is 0.125. The van der Waals surface area contributed by atoms with Crippen molar-refractivity contribution < 1.29 is 4.42 Å². The van der Waals surface area contributed by atoms with Gasteiger partial charge in [-0.05, 0) is 13.0 Å². The number of hydrogen-bond acceptors (Lipinski definition) is 3. The first-order valence-corrected chi connectivity index (χ1v) is 3.33. The minimum Gasteiger partial charge on any atom is -0.443 e. The summed E-state index contributed by atoms with van der Waals surface area (Å²) >= 11 is 0. The highest BCUT2D eigenvalue weighted by molar-refractivity contribution is 5.33. The van der Waals surface area contributed by atoms with E-state index in [0.29, 0.717) is 10.8 Å². The monoisotopic (exact) mass is 150 g/mol. The molecule has 0 atom stereocenters. The second kappa shape index (κ2) is 3.61. The summed E-state index contributed by atoms with van der Waals surface area (Å²) in [4.78, 5) is 3.88. The van der Waals surface area contributed by atoms with E-state index in [9.17, 15) is 0 Å². The van der Waals surface area contributed by atoms with Crippen LogP contribution in [0.15, 0.2) is 23.0 Å². The third-order valence-corrected chi connectivity index (χ3v) is 1.22. The lowest BCUT2D eigenvalue weighted by molar-refractivity contribution is 0.525. The molecule has 1 heterocycles. The molecule has 2 N–H and O–H groups in total. The Bertz CT molecular complexity index is 348. The third-order valence-electron chi connectivity index (χ3n) is 1.22. The summed E-state index contributed by atoms with van der Waals surface area (Å²) in [5.74, 6) is 0. The van der Waals surface area contributed by atoms with Gasteiger partial charge in [0.05, 0.1) is 0 Å². The zero-order chi connectivity index (χ0) is 8.10. The Morgan fingerprint density at radius 2 is 2.45 bits per heavy atom. The van der Waals surface area contributed by atoms with Crippen LogP contribution in [0.3, 0.4) is 0 Å². The summed E-state index contributed by atoms with van der Waals surface area (Å²) in [6.45, 7) is 1.93. The van der Waals surface area contributed by atoms with Crippen molar-refractivity contribution in [3.63, 3.8) is 0 Å². The van der Waals surface area contributed by atoms with Crippen LogP contribution < -0.4 is 16.5 Å². The molecule has 1 aromatic rings. The van der Waals surface area contributed by atoms with Gasteiger partial charge in [-0.3, -0.25) is 0 Å². The van der Waals surface area contributed by atoms with Gasteiger partial charge < -0.3 is 10.2 Å². The molecule has 0 unspecified atom stereocenters. The number of allylic oxidation sites excluding steroid dienone is 2. The largest absolute Gasteiger partial charge is 0.443 e. The topological polar surface area (TPSA) is 52.0 Å². The molecular weight excluding hydrogens is 140 g/mol. The lowest BCUT2D eigenvalue weighted by Crippen LogP contribution is -2.23. The molecule has 58 valence electrons. The number of oxazole rings is 1. The van der Waals surface area contributed by atoms with E-state index >= 15 is 0 Å². The number of nitrogens with zero attached hydrogens (tertiary/aromatic N) is 1. The molecular formula is C8H10N2O. The summed E-state index contributed by atoms with van der Waals surface area (Å²) in [6, 6.07) is 0. The van der Waals surface area contributed by atoms with E-state index in [1.54, 1.807) is 0 Å². The van der Waals surface area contributed by atoms with Crippen LogP contribution in [0.2, 0.25) is 0 Å². The van der Waals surface area contributed by atoms with E-state index in [0.717, 1.165) is 0 Å². The summed E-state index contributed by atoms with van der Waals surface area (Å²) in [6.07, 6.45) is 8.37. The van der Waals surface area contributed by atoms with Gasteiger partial charge in [-0.15, -0.1) is 0 Å². The summed E-state index contributed by atoms with van der Waals surface area (Å²) in [5, 5.41) is 0.670. The van der Waals surface area contributed by atoms with Crippen molar-refractivity contribution in [1.29, 1.82) is 0 Å². The van der Waals surface area contributed by atoms with Crippen LogP contribution in [0, 0.1) is 0 Å². The second-order valence-corrected chi connectivity index (χ2v) is 1.96. The number of hydrogen-bond donors (Lipinski definition) is 1. The van der Waals surface area contributed by atoms with E-state index in [1.807, 2.05) is 25.2 Å². The SMILES string of the molecule is C/C=C/C=c1/ocn/c1=C/N. The van der Waals surface area contributed by atoms with Crippen LogP contribution in [0.1, 0.15) is 6.92 Å². The predicted molar refractivity (Wildman–Crippen MR) is 43.7 cm³/mol. The van der Waals surface area contributed by atoms with Gasteiger partial charge in [0.2, 0.25) is 0 Å². The molecule has 11 heavy (non-hydrogen) atoms. The molecule has 0 aliphatic rings. The molecule has 1 aromatic heterocycles. The summed E-state index contributed by atoms with van der Waals surface area (Å²) in [7, 11) is 0. The van der Waals surface area contributed by atoms with Gasteiger partial charge in [-0.2, -0.15) is 0 Å². The molecule has 0 saturated carbocycles. The minimum absolute atomic E-state index is 0.670. The molecule has 3 nitrogen and oxygen atoms in total. The Balaban J connectivity index is 3.23. The van der Waals surface area contributed by atoms with Crippen molar-refractivity contribution in [2.45, 2.75) is 6.92 Å². The van der Waals surface area contributed by atoms with Gasteiger partial charge >= 0.3 is 0 Å². The first kappa shape index (κ1) is 7.60. The lowest BCUT2D eigenvalue weighted by atomic mass is 10.4. The van der Waals surface area contributed by atoms with Crippen LogP contribution in [0.5, 0.6) is 0 Å². The fourth-order valence-corrected chi connectivity index (χ4v) is 0.697. The zero-order valence-electron chi connectivity index (χ0n) is 6.32. The van der Waals surface area contributed by atoms with E-state index in [1.165, 1.54) is 12.6 Å². The number of aromatic nitrogens is 1. The average Bonchev–Trinajstić information content (AvgIpc) is 2.47. The smallest absolute Gasteiger partial charge is 0.182 e. The van der Waals surface area contributed by atoms with Gasteiger partial charge in [0.25, 0.3) is 0 Å². The van der Waals surface area contributed by atoms with Gasteiger partial charge in [0, 0.05) is 6.20 Å². The molecule has 1 rings (SSSR count). The van der Waals surface area contributed by atoms with Crippen LogP contribution in [-0.4, -0.2) is 4.98 Å². The van der Waals surface area contributed by atoms with Crippen molar-refractivity contribution in [2.75, 3.05) is 0 Å². The van der Waals surface area contributed by atoms with E-state index < -0.39 is 0 Å². The highest BCUT2D eigenvalue weighted by atomic mass is 16.3. The predicted octanol–water partition coefficient (Wildman–Crippen LogP) is -0.272. The Hall–Kier alpha value is -1.51. The molecule has 3 heteroatoms. The molecule has 0 radical (unpaired) electrons. The Morgan fingerprint density at radius 1 is 1.64 bits per heavy atom. The maximum Gasteiger partial charge on any atom is 0.182 e. The molecule has 0 aliphatic heterocycles. The molecule has 0 fully saturated rings. The lowest BCUT2D eigenvalue weighted by Gasteiger charge is -1.72. The average molecular weight is 150 g/mol. The first-order chi connectivity index (χ1) is 5.38. The van der Waals surface area contributed by atoms with Crippen LogP contribution >= 0.6 is 0 Å². The Labute approximate surface area is 64.5 Å². The maximum absolute atomic E-state index is 5.28. The first-order valence-electron chi connectivity index (χ1n) is 3.33. The maximum atomic E-state index is 5.28. The summed E-state index contributed by atoms with van der Waals surface area (Å²) in [5.41, 5.74) is 5.96. The highest BCUT2D eigenvalue weighted by Gasteiger charge is 1.84. The van der Waals surface area contributed by atoms with E-state index in [2.05, 4.69) is 4.98 Å². The normalized spacial score (nSPS) is 15.0. The van der Waals surface area contributed by atoms with Gasteiger partial charge in [0.1, 0.15) is 5.35 Å². The third kappa shape index (κ3) is 1.70. The van der Waals surface area contributed by atoms with Crippen molar-refractivity contribution in [2.24, 2.45) is 5.73 Å². The van der Waals surface area contributed by atoms with Crippen LogP contribution in [0.25, 0.3) is 12.3 Å². The Kier molecular flexibility index (Phi) is 2.49. The molecule has 0 aliphatic carbocycles. The zero-order valence-corrected chi connectivity index (χ0v) is 6.32. The standard InChI is InChI=1S/C8H10N2O/c1-2-3-4-8-7(5-9)10-6-11-8/h2-6H,9H2,1H3/b3-2+,7-5+,8-4+. The molecule has 0 spiro atoms. The van der Waals surface area contributed by atoms with Gasteiger partial charge in [0.15, 0.2) is 11.8 Å². The van der Waals surface area contributed by atoms with Gasteiger partial charge in [-0.25, -0.2) is 4.98 Å². The van der Waals surface area contributed by atoms with Crippen molar-refractivity contribution >= 4 is 12.3 Å². The van der Waals surface area contributed by atoms with Gasteiger partial charge in [-0.1, -0.05) is 12.2 Å². The highest BCUT2D eigenvalue weighted by Crippen LogP contribution is 1.70. The molecule has 0 aromatic carbocycles. The van der Waals surface area contributed by atoms with Crippen molar-refractivity contribution in [1.82, 2.24) is 4.98 Å². The molecule has 0 saturated heterocycles. The second-order valence-electron chi connectivity index (χ2n) is 1.96. The number of nitrogens with two attached hydrogens (primary N) is 1.